The van der Waals surface area contributed by atoms with Gasteiger partial charge in [-0.25, -0.2) is 9.18 Å². The molecule has 224 valence electrons. The Morgan fingerprint density at radius 2 is 1.93 bits per heavy atom. The van der Waals surface area contributed by atoms with Gasteiger partial charge in [-0.1, -0.05) is 0 Å². The van der Waals surface area contributed by atoms with Gasteiger partial charge in [0.2, 0.25) is 0 Å². The number of nitrogens with zero attached hydrogens (tertiary/aromatic N) is 6. The van der Waals surface area contributed by atoms with E-state index in [0.29, 0.717) is 42.8 Å². The van der Waals surface area contributed by atoms with Crippen LogP contribution in [-0.2, 0) is 4.79 Å². The van der Waals surface area contributed by atoms with Gasteiger partial charge in [-0.2, -0.15) is 15.1 Å². The fraction of sp³-hybridized carbons (Fsp3) is 0.467. The number of piperidine rings is 1. The monoisotopic (exact) mass is 587 g/mol. The number of rotatable bonds is 7. The number of halogens is 1. The number of urea groups is 1. The molecule has 12 nitrogen and oxygen atoms in total. The second-order valence-corrected chi connectivity index (χ2v) is 12.6. The summed E-state index contributed by atoms with van der Waals surface area (Å²) in [5.74, 6) is -0.546. The van der Waals surface area contributed by atoms with Crippen molar-refractivity contribution >= 4 is 39.6 Å². The topological polar surface area (TPSA) is 141 Å². The number of ether oxygens (including phenoxy) is 1. The van der Waals surface area contributed by atoms with Crippen LogP contribution in [0.15, 0.2) is 18.5 Å². The number of anilines is 1. The molecule has 3 aliphatic rings. The van der Waals surface area contributed by atoms with E-state index < -0.39 is 17.4 Å². The molecule has 1 spiro atoms. The van der Waals surface area contributed by atoms with Crippen LogP contribution in [0.1, 0.15) is 36.8 Å². The number of benzene rings is 1. The molecular weight excluding hydrogens is 553 g/mol. The Morgan fingerprint density at radius 1 is 1.12 bits per heavy atom. The maximum atomic E-state index is 16.7. The number of carbonyl (C=O) groups excluding carboxylic acids is 2. The third-order valence-electron chi connectivity index (χ3n) is 9.07. The van der Waals surface area contributed by atoms with Crippen LogP contribution in [0.5, 0.6) is 6.01 Å². The molecule has 0 bridgehead atoms. The Morgan fingerprint density at radius 3 is 2.65 bits per heavy atom. The van der Waals surface area contributed by atoms with E-state index in [-0.39, 0.29) is 35.1 Å². The van der Waals surface area contributed by atoms with E-state index in [9.17, 15) is 9.59 Å². The number of pyridine rings is 1. The van der Waals surface area contributed by atoms with Gasteiger partial charge in [0.15, 0.2) is 5.82 Å². The number of fused-ring (bicyclic) bond motifs is 2. The fourth-order valence-corrected chi connectivity index (χ4v) is 6.60. The van der Waals surface area contributed by atoms with Crippen molar-refractivity contribution in [3.8, 4) is 17.3 Å². The summed E-state index contributed by atoms with van der Waals surface area (Å²) in [6.07, 6.45) is 6.44. The second-order valence-electron chi connectivity index (χ2n) is 12.6. The number of aryl methyl sites for hydroxylation is 1. The Hall–Kier alpha value is -4.39. The highest BCUT2D eigenvalue weighted by atomic mass is 19.1. The molecule has 1 saturated carbocycles. The van der Waals surface area contributed by atoms with Crippen LogP contribution in [0.25, 0.3) is 33.1 Å². The highest BCUT2D eigenvalue weighted by molar-refractivity contribution is 6.07. The van der Waals surface area contributed by atoms with Gasteiger partial charge in [0.05, 0.1) is 30.3 Å². The Kier molecular flexibility index (Phi) is 6.27. The first-order valence-corrected chi connectivity index (χ1v) is 14.5. The largest absolute Gasteiger partial charge is 0.463 e. The lowest BCUT2D eigenvalue weighted by molar-refractivity contribution is -0.124. The molecular formula is C30H34FN9O3. The van der Waals surface area contributed by atoms with Crippen molar-refractivity contribution in [2.24, 2.45) is 5.41 Å². The molecule has 3 N–H and O–H groups in total. The minimum absolute atomic E-state index is 0.0108. The number of aromatic amines is 1. The third-order valence-corrected chi connectivity index (χ3v) is 9.07. The predicted octanol–water partition coefficient (Wildman–Crippen LogP) is 3.22. The quantitative estimate of drug-likeness (QED) is 0.278. The third kappa shape index (κ3) is 4.62. The SMILES string of the molecule is Cc1cc2[nH]ncc2c(-c2ncc3c(N4CCC[C@]5(C4)NC(=O)NC5=O)nc(OCC4(CN(C)C)CC4)nc3c2F)c1C. The highest BCUT2D eigenvalue weighted by Gasteiger charge is 2.49. The van der Waals surface area contributed by atoms with Crippen LogP contribution in [0, 0.1) is 25.1 Å². The van der Waals surface area contributed by atoms with E-state index in [4.69, 9.17) is 9.72 Å². The molecule has 1 atom stereocenters. The lowest BCUT2D eigenvalue weighted by Crippen LogP contribution is -2.58. The molecule has 1 aliphatic carbocycles. The highest BCUT2D eigenvalue weighted by Crippen LogP contribution is 2.46. The van der Waals surface area contributed by atoms with Crippen LogP contribution in [0.3, 0.4) is 0 Å². The number of hydrogen-bond donors (Lipinski definition) is 3. The maximum absolute atomic E-state index is 16.7. The van der Waals surface area contributed by atoms with Crippen molar-refractivity contribution in [2.75, 3.05) is 45.2 Å². The first-order chi connectivity index (χ1) is 20.6. The zero-order valence-corrected chi connectivity index (χ0v) is 24.7. The molecule has 43 heavy (non-hydrogen) atoms. The lowest BCUT2D eigenvalue weighted by Gasteiger charge is -2.39. The van der Waals surface area contributed by atoms with Crippen LogP contribution in [-0.4, -0.2) is 87.9 Å². The van der Waals surface area contributed by atoms with Crippen molar-refractivity contribution < 1.29 is 18.7 Å². The van der Waals surface area contributed by atoms with Crippen molar-refractivity contribution in [2.45, 2.75) is 45.1 Å². The maximum Gasteiger partial charge on any atom is 0.322 e. The average Bonchev–Trinajstić information content (AvgIpc) is 3.46. The summed E-state index contributed by atoms with van der Waals surface area (Å²) in [5, 5.41) is 13.5. The number of carbonyl (C=O) groups is 2. The van der Waals surface area contributed by atoms with Crippen LogP contribution in [0.4, 0.5) is 15.0 Å². The normalized spacial score (nSPS) is 21.2. The molecule has 7 rings (SSSR count). The van der Waals surface area contributed by atoms with Crippen molar-refractivity contribution in [1.29, 1.82) is 0 Å². The van der Waals surface area contributed by atoms with Gasteiger partial charge in [-0.15, -0.1) is 0 Å². The molecule has 3 amide bonds. The number of H-pyrrole nitrogens is 1. The summed E-state index contributed by atoms with van der Waals surface area (Å²) >= 11 is 0. The molecule has 4 aromatic rings. The van der Waals surface area contributed by atoms with Crippen LogP contribution in [0.2, 0.25) is 0 Å². The minimum Gasteiger partial charge on any atom is -0.463 e. The summed E-state index contributed by atoms with van der Waals surface area (Å²) in [4.78, 5) is 42.9. The van der Waals surface area contributed by atoms with Crippen LogP contribution < -0.4 is 20.3 Å². The summed E-state index contributed by atoms with van der Waals surface area (Å²) in [7, 11) is 4.06. The van der Waals surface area contributed by atoms with Gasteiger partial charge < -0.3 is 19.9 Å². The average molecular weight is 588 g/mol. The van der Waals surface area contributed by atoms with E-state index in [2.05, 4.69) is 35.7 Å². The molecule has 2 saturated heterocycles. The number of aromatic nitrogens is 5. The Bertz CT molecular complexity index is 1800. The van der Waals surface area contributed by atoms with Gasteiger partial charge in [0, 0.05) is 35.7 Å². The van der Waals surface area contributed by atoms with Gasteiger partial charge >= 0.3 is 12.0 Å². The van der Waals surface area contributed by atoms with Gasteiger partial charge in [0.1, 0.15) is 22.6 Å². The van der Waals surface area contributed by atoms with Gasteiger partial charge in [0.25, 0.3) is 5.91 Å². The van der Waals surface area contributed by atoms with Crippen molar-refractivity contribution in [3.05, 3.63) is 35.4 Å². The number of hydrogen-bond acceptors (Lipinski definition) is 9. The zero-order valence-electron chi connectivity index (χ0n) is 24.7. The first kappa shape index (κ1) is 27.4. The van der Waals surface area contributed by atoms with E-state index in [1.54, 1.807) is 12.4 Å². The predicted molar refractivity (Wildman–Crippen MR) is 158 cm³/mol. The molecule has 3 aromatic heterocycles. The van der Waals surface area contributed by atoms with E-state index in [1.165, 1.54) is 0 Å². The smallest absolute Gasteiger partial charge is 0.322 e. The second kappa shape index (κ2) is 9.83. The molecule has 0 unspecified atom stereocenters. The van der Waals surface area contributed by atoms with Gasteiger partial charge in [-0.05, 0) is 70.8 Å². The summed E-state index contributed by atoms with van der Waals surface area (Å²) < 4.78 is 22.9. The Labute approximate surface area is 247 Å². The van der Waals surface area contributed by atoms with Crippen molar-refractivity contribution in [3.63, 3.8) is 0 Å². The molecule has 2 aliphatic heterocycles. The fourth-order valence-electron chi connectivity index (χ4n) is 6.60. The molecule has 5 heterocycles. The number of imide groups is 1. The van der Waals surface area contributed by atoms with Crippen molar-refractivity contribution in [1.82, 2.24) is 40.7 Å². The molecule has 1 aromatic carbocycles. The number of amides is 3. The molecule has 0 radical (unpaired) electrons. The Balaban J connectivity index is 1.36. The minimum atomic E-state index is -1.09. The summed E-state index contributed by atoms with van der Waals surface area (Å²) in [5.41, 5.74) is 2.48. The standard InChI is InChI=1S/C30H34FN9O3/c1-16-10-20-18(12-33-38-20)21(17(16)2)24-22(31)23-19(11-32-24)25(35-28(34-23)43-15-29(7-8-29)13-39(3)4)40-9-5-6-30(14-40)26(41)36-27(42)37-30/h10-12H,5-9,13-15H2,1-4H3,(H,33,38)(H2,36,37,41,42)/t30-/m1/s1. The molecule has 3 fully saturated rings. The van der Waals surface area contributed by atoms with E-state index >= 15 is 4.39 Å². The van der Waals surface area contributed by atoms with Crippen LogP contribution >= 0.6 is 0 Å². The number of nitrogens with one attached hydrogen (secondary N) is 3. The van der Waals surface area contributed by atoms with Gasteiger partial charge in [-0.3, -0.25) is 20.2 Å². The lowest BCUT2D eigenvalue weighted by atomic mass is 9.89. The zero-order chi connectivity index (χ0) is 30.1. The van der Waals surface area contributed by atoms with E-state index in [1.807, 2.05) is 38.9 Å². The van der Waals surface area contributed by atoms with E-state index in [0.717, 1.165) is 41.4 Å². The summed E-state index contributed by atoms with van der Waals surface area (Å²) in [6, 6.07) is 1.53. The first-order valence-electron chi connectivity index (χ1n) is 14.5. The molecule has 13 heteroatoms. The summed E-state index contributed by atoms with van der Waals surface area (Å²) in [6.45, 7) is 5.91.